The fraction of sp³-hybridized carbons (Fsp3) is 1.00. The molecule has 0 spiro atoms. The van der Waals surface area contributed by atoms with Crippen LogP contribution < -0.4 is 0 Å². The van der Waals surface area contributed by atoms with E-state index < -0.39 is 18.3 Å². The highest BCUT2D eigenvalue weighted by atomic mass is 19.4. The van der Waals surface area contributed by atoms with E-state index in [4.69, 9.17) is 0 Å². The lowest BCUT2D eigenvalue weighted by Crippen LogP contribution is -2.45. The van der Waals surface area contributed by atoms with Gasteiger partial charge in [-0.25, -0.2) is 0 Å². The summed E-state index contributed by atoms with van der Waals surface area (Å²) in [5.41, 5.74) is -1.08. The van der Waals surface area contributed by atoms with E-state index in [-0.39, 0.29) is 12.5 Å². The van der Waals surface area contributed by atoms with Gasteiger partial charge in [0.1, 0.15) is 0 Å². The fourth-order valence-corrected chi connectivity index (χ4v) is 1.09. The van der Waals surface area contributed by atoms with Gasteiger partial charge in [-0.2, -0.15) is 13.2 Å². The second kappa shape index (κ2) is 4.49. The highest BCUT2D eigenvalue weighted by molar-refractivity contribution is 4.80. The van der Waals surface area contributed by atoms with Crippen LogP contribution in [0.1, 0.15) is 20.8 Å². The van der Waals surface area contributed by atoms with Crippen LogP contribution >= 0.6 is 0 Å². The Morgan fingerprint density at radius 2 is 1.64 bits per heavy atom. The Kier molecular flexibility index (Phi) is 4.39. The normalized spacial score (nSPS) is 17.6. The predicted molar refractivity (Wildman–Crippen MR) is 49.0 cm³/mol. The van der Waals surface area contributed by atoms with Gasteiger partial charge in [-0.3, -0.25) is 4.90 Å². The second-order valence-corrected chi connectivity index (χ2v) is 4.30. The number of alkyl halides is 3. The van der Waals surface area contributed by atoms with Crippen LogP contribution in [0.2, 0.25) is 0 Å². The molecule has 0 aliphatic heterocycles. The van der Waals surface area contributed by atoms with Gasteiger partial charge in [-0.05, 0) is 19.9 Å². The van der Waals surface area contributed by atoms with Crippen molar-refractivity contribution in [2.24, 2.45) is 5.92 Å². The van der Waals surface area contributed by atoms with Crippen molar-refractivity contribution in [3.8, 4) is 0 Å². The Labute approximate surface area is 82.7 Å². The van der Waals surface area contributed by atoms with E-state index in [1.54, 1.807) is 20.8 Å². The summed E-state index contributed by atoms with van der Waals surface area (Å²) in [5.74, 6) is -0.0711. The summed E-state index contributed by atoms with van der Waals surface area (Å²) in [5, 5.41) is 9.75. The molecule has 1 N–H and O–H groups in total. The third-order valence-electron chi connectivity index (χ3n) is 2.28. The van der Waals surface area contributed by atoms with E-state index in [2.05, 4.69) is 0 Å². The molecule has 0 aliphatic rings. The molecule has 0 heterocycles. The van der Waals surface area contributed by atoms with Crippen molar-refractivity contribution < 1.29 is 18.3 Å². The maximum atomic E-state index is 12.0. The van der Waals surface area contributed by atoms with Gasteiger partial charge >= 0.3 is 6.18 Å². The van der Waals surface area contributed by atoms with Crippen LogP contribution in [0.3, 0.4) is 0 Å². The first-order chi connectivity index (χ1) is 6.04. The first-order valence-electron chi connectivity index (χ1n) is 4.52. The maximum Gasteiger partial charge on any atom is 0.401 e. The van der Waals surface area contributed by atoms with Crippen LogP contribution in [0.4, 0.5) is 13.2 Å². The first kappa shape index (κ1) is 13.7. The third-order valence-corrected chi connectivity index (χ3v) is 2.28. The Bertz CT molecular complexity index is 177. The van der Waals surface area contributed by atoms with Crippen molar-refractivity contribution in [3.05, 3.63) is 0 Å². The van der Waals surface area contributed by atoms with Gasteiger partial charge in [-0.15, -0.1) is 0 Å². The molecule has 1 unspecified atom stereocenters. The third kappa shape index (κ3) is 5.44. The van der Waals surface area contributed by atoms with Crippen molar-refractivity contribution in [1.82, 2.24) is 4.90 Å². The van der Waals surface area contributed by atoms with Crippen LogP contribution in [-0.4, -0.2) is 41.9 Å². The molecular formula is C9H18F3NO. The number of rotatable bonds is 4. The maximum absolute atomic E-state index is 12.0. The van der Waals surface area contributed by atoms with Crippen molar-refractivity contribution in [2.45, 2.75) is 32.5 Å². The van der Waals surface area contributed by atoms with Crippen LogP contribution in [0.5, 0.6) is 0 Å². The van der Waals surface area contributed by atoms with E-state index in [1.165, 1.54) is 7.05 Å². The molecule has 0 aromatic carbocycles. The van der Waals surface area contributed by atoms with Crippen molar-refractivity contribution in [1.29, 1.82) is 0 Å². The molecule has 0 aromatic rings. The number of nitrogens with zero attached hydrogens (tertiary/aromatic N) is 1. The first-order valence-corrected chi connectivity index (χ1v) is 4.52. The van der Waals surface area contributed by atoms with Crippen molar-refractivity contribution in [2.75, 3.05) is 20.1 Å². The van der Waals surface area contributed by atoms with Gasteiger partial charge in [0.15, 0.2) is 0 Å². The molecule has 2 nitrogen and oxygen atoms in total. The fourth-order valence-electron chi connectivity index (χ4n) is 1.09. The molecule has 0 amide bonds. The van der Waals surface area contributed by atoms with Crippen LogP contribution in [0, 0.1) is 5.92 Å². The van der Waals surface area contributed by atoms with E-state index >= 15 is 0 Å². The molecular weight excluding hydrogens is 195 g/mol. The Hall–Kier alpha value is -0.290. The summed E-state index contributed by atoms with van der Waals surface area (Å²) in [6, 6.07) is 0. The SMILES string of the molecule is CC(C)C(C)(O)CN(C)CC(F)(F)F. The Balaban J connectivity index is 4.12. The van der Waals surface area contributed by atoms with Crippen molar-refractivity contribution in [3.63, 3.8) is 0 Å². The van der Waals surface area contributed by atoms with Gasteiger partial charge in [0.25, 0.3) is 0 Å². The average molecular weight is 213 g/mol. The molecule has 0 saturated carbocycles. The summed E-state index contributed by atoms with van der Waals surface area (Å²) in [7, 11) is 1.35. The molecule has 0 aromatic heterocycles. The highest BCUT2D eigenvalue weighted by Crippen LogP contribution is 2.20. The standard InChI is InChI=1S/C9H18F3NO/c1-7(2)8(3,14)5-13(4)6-9(10,11)12/h7,14H,5-6H2,1-4H3. The lowest BCUT2D eigenvalue weighted by Gasteiger charge is -2.32. The predicted octanol–water partition coefficient (Wildman–Crippen LogP) is 1.89. The summed E-state index contributed by atoms with van der Waals surface area (Å²) >= 11 is 0. The number of hydrogen-bond acceptors (Lipinski definition) is 2. The zero-order valence-corrected chi connectivity index (χ0v) is 9.02. The minimum absolute atomic E-state index is 0.0180. The smallest absolute Gasteiger partial charge is 0.389 e. The molecule has 1 atom stereocenters. The molecule has 0 radical (unpaired) electrons. The number of aliphatic hydroxyl groups is 1. The summed E-state index contributed by atoms with van der Waals surface area (Å²) < 4.78 is 35.9. The zero-order chi connectivity index (χ0) is 11.6. The van der Waals surface area contributed by atoms with E-state index in [1.807, 2.05) is 0 Å². The molecule has 0 saturated heterocycles. The van der Waals surface area contributed by atoms with Gasteiger partial charge < -0.3 is 5.11 Å². The van der Waals surface area contributed by atoms with Crippen LogP contribution in [0.25, 0.3) is 0 Å². The molecule has 0 bridgehead atoms. The monoisotopic (exact) mass is 213 g/mol. The largest absolute Gasteiger partial charge is 0.401 e. The van der Waals surface area contributed by atoms with Gasteiger partial charge in [0, 0.05) is 6.54 Å². The minimum Gasteiger partial charge on any atom is -0.389 e. The average Bonchev–Trinajstić information content (AvgIpc) is 1.79. The van der Waals surface area contributed by atoms with E-state index in [9.17, 15) is 18.3 Å². The molecule has 86 valence electrons. The van der Waals surface area contributed by atoms with Gasteiger partial charge in [0.2, 0.25) is 0 Å². The summed E-state index contributed by atoms with van der Waals surface area (Å²) in [4.78, 5) is 1.08. The van der Waals surface area contributed by atoms with Gasteiger partial charge in [-0.1, -0.05) is 13.8 Å². The number of likely N-dealkylation sites (N-methyl/N-ethyl adjacent to an activating group) is 1. The summed E-state index contributed by atoms with van der Waals surface area (Å²) in [6.45, 7) is 4.13. The van der Waals surface area contributed by atoms with Gasteiger partial charge in [0.05, 0.1) is 12.1 Å². The molecule has 14 heavy (non-hydrogen) atoms. The van der Waals surface area contributed by atoms with E-state index in [0.29, 0.717) is 0 Å². The second-order valence-electron chi connectivity index (χ2n) is 4.30. The summed E-state index contributed by atoms with van der Waals surface area (Å²) in [6.07, 6.45) is -4.21. The Morgan fingerprint density at radius 3 is 1.93 bits per heavy atom. The zero-order valence-electron chi connectivity index (χ0n) is 9.02. The topological polar surface area (TPSA) is 23.5 Å². The lowest BCUT2D eigenvalue weighted by atomic mass is 9.92. The molecule has 0 fully saturated rings. The quantitative estimate of drug-likeness (QED) is 0.770. The van der Waals surface area contributed by atoms with Crippen LogP contribution in [0.15, 0.2) is 0 Å². The minimum atomic E-state index is -4.21. The Morgan fingerprint density at radius 1 is 1.21 bits per heavy atom. The van der Waals surface area contributed by atoms with E-state index in [0.717, 1.165) is 4.90 Å². The highest BCUT2D eigenvalue weighted by Gasteiger charge is 2.33. The van der Waals surface area contributed by atoms with Crippen LogP contribution in [-0.2, 0) is 0 Å². The number of halogens is 3. The van der Waals surface area contributed by atoms with Crippen molar-refractivity contribution >= 4 is 0 Å². The number of hydrogen-bond donors (Lipinski definition) is 1. The molecule has 0 rings (SSSR count). The molecule has 0 aliphatic carbocycles. The lowest BCUT2D eigenvalue weighted by molar-refractivity contribution is -0.150. The molecule has 5 heteroatoms.